The van der Waals surface area contributed by atoms with Crippen LogP contribution in [0.2, 0.25) is 10.0 Å². The SMILES string of the molecule is CN(C)S(=O)(=O)c1ccc(Cl)c(C(=O)N2CCN(c3cccc(Cl)c3)CC2)c1. The van der Waals surface area contributed by atoms with Crippen molar-refractivity contribution < 1.29 is 13.2 Å². The largest absolute Gasteiger partial charge is 0.368 e. The monoisotopic (exact) mass is 441 g/mol. The summed E-state index contributed by atoms with van der Waals surface area (Å²) < 4.78 is 25.8. The molecule has 28 heavy (non-hydrogen) atoms. The molecule has 0 bridgehead atoms. The van der Waals surface area contributed by atoms with Crippen molar-refractivity contribution in [1.29, 1.82) is 0 Å². The van der Waals surface area contributed by atoms with Crippen molar-refractivity contribution >= 4 is 44.8 Å². The lowest BCUT2D eigenvalue weighted by Gasteiger charge is -2.36. The molecule has 6 nitrogen and oxygen atoms in total. The number of amides is 1. The van der Waals surface area contributed by atoms with Crippen molar-refractivity contribution in [2.75, 3.05) is 45.2 Å². The van der Waals surface area contributed by atoms with E-state index in [1.165, 1.54) is 32.3 Å². The number of anilines is 1. The van der Waals surface area contributed by atoms with Gasteiger partial charge in [-0.25, -0.2) is 12.7 Å². The normalized spacial score (nSPS) is 15.2. The molecule has 0 aliphatic carbocycles. The van der Waals surface area contributed by atoms with Gasteiger partial charge < -0.3 is 9.80 Å². The van der Waals surface area contributed by atoms with Crippen molar-refractivity contribution in [1.82, 2.24) is 9.21 Å². The number of hydrogen-bond acceptors (Lipinski definition) is 4. The molecule has 2 aromatic rings. The second-order valence-electron chi connectivity index (χ2n) is 6.69. The number of piperazine rings is 1. The Morgan fingerprint density at radius 3 is 2.29 bits per heavy atom. The molecule has 0 aromatic heterocycles. The lowest BCUT2D eigenvalue weighted by Crippen LogP contribution is -2.48. The number of halogens is 2. The Hall–Kier alpha value is -1.80. The van der Waals surface area contributed by atoms with Gasteiger partial charge in [-0.3, -0.25) is 4.79 Å². The zero-order valence-corrected chi connectivity index (χ0v) is 17.9. The molecule has 2 aromatic carbocycles. The van der Waals surface area contributed by atoms with E-state index in [2.05, 4.69) is 4.90 Å². The molecule has 9 heteroatoms. The summed E-state index contributed by atoms with van der Waals surface area (Å²) in [6.07, 6.45) is 0. The number of hydrogen-bond donors (Lipinski definition) is 0. The molecular weight excluding hydrogens is 421 g/mol. The number of sulfonamides is 1. The van der Waals surface area contributed by atoms with Gasteiger partial charge in [-0.1, -0.05) is 29.3 Å². The van der Waals surface area contributed by atoms with E-state index in [1.54, 1.807) is 4.90 Å². The van der Waals surface area contributed by atoms with Crippen LogP contribution < -0.4 is 4.90 Å². The Morgan fingerprint density at radius 2 is 1.68 bits per heavy atom. The first-order valence-corrected chi connectivity index (χ1v) is 10.9. The third kappa shape index (κ3) is 4.27. The predicted molar refractivity (Wildman–Crippen MR) is 112 cm³/mol. The van der Waals surface area contributed by atoms with Gasteiger partial charge in [-0.05, 0) is 36.4 Å². The van der Waals surface area contributed by atoms with Crippen LogP contribution in [0.15, 0.2) is 47.4 Å². The minimum atomic E-state index is -3.65. The molecule has 0 radical (unpaired) electrons. The molecule has 1 amide bonds. The fourth-order valence-electron chi connectivity index (χ4n) is 3.05. The fraction of sp³-hybridized carbons (Fsp3) is 0.316. The highest BCUT2D eigenvalue weighted by atomic mass is 35.5. The maximum Gasteiger partial charge on any atom is 0.255 e. The van der Waals surface area contributed by atoms with Crippen molar-refractivity contribution in [3.05, 3.63) is 58.1 Å². The second kappa shape index (κ2) is 8.29. The van der Waals surface area contributed by atoms with Gasteiger partial charge in [0.05, 0.1) is 15.5 Å². The highest BCUT2D eigenvalue weighted by Crippen LogP contribution is 2.25. The Labute approximate surface area is 175 Å². The van der Waals surface area contributed by atoms with E-state index in [9.17, 15) is 13.2 Å². The van der Waals surface area contributed by atoms with Crippen molar-refractivity contribution in [2.24, 2.45) is 0 Å². The number of nitrogens with zero attached hydrogens (tertiary/aromatic N) is 3. The summed E-state index contributed by atoms with van der Waals surface area (Å²) in [5, 5.41) is 0.904. The van der Waals surface area contributed by atoms with E-state index < -0.39 is 10.0 Å². The van der Waals surface area contributed by atoms with Gasteiger partial charge in [0.25, 0.3) is 5.91 Å². The zero-order valence-electron chi connectivity index (χ0n) is 15.6. The third-order valence-electron chi connectivity index (χ3n) is 4.69. The van der Waals surface area contributed by atoms with E-state index in [1.807, 2.05) is 24.3 Å². The molecule has 1 aliphatic heterocycles. The Morgan fingerprint density at radius 1 is 1.00 bits per heavy atom. The first-order valence-electron chi connectivity index (χ1n) is 8.72. The van der Waals surface area contributed by atoms with Crippen molar-refractivity contribution in [3.63, 3.8) is 0 Å². The van der Waals surface area contributed by atoms with Crippen LogP contribution in [-0.2, 0) is 10.0 Å². The van der Waals surface area contributed by atoms with E-state index in [4.69, 9.17) is 23.2 Å². The summed E-state index contributed by atoms with van der Waals surface area (Å²) >= 11 is 12.3. The highest BCUT2D eigenvalue weighted by molar-refractivity contribution is 7.89. The molecule has 0 atom stereocenters. The first kappa shape index (κ1) is 20.9. The second-order valence-corrected chi connectivity index (χ2v) is 9.68. The fourth-order valence-corrected chi connectivity index (χ4v) is 4.36. The molecular formula is C19H21Cl2N3O3S. The molecule has 150 valence electrons. The van der Waals surface area contributed by atoms with Gasteiger partial charge in [-0.15, -0.1) is 0 Å². The van der Waals surface area contributed by atoms with Gasteiger partial charge in [0, 0.05) is 51.0 Å². The molecule has 1 fully saturated rings. The Bertz CT molecular complexity index is 988. The smallest absolute Gasteiger partial charge is 0.255 e. The molecule has 3 rings (SSSR count). The molecule has 1 heterocycles. The number of rotatable bonds is 4. The Kier molecular flexibility index (Phi) is 6.19. The minimum absolute atomic E-state index is 0.0443. The summed E-state index contributed by atoms with van der Waals surface area (Å²) in [4.78, 5) is 16.9. The minimum Gasteiger partial charge on any atom is -0.368 e. The van der Waals surface area contributed by atoms with Crippen LogP contribution >= 0.6 is 23.2 Å². The predicted octanol–water partition coefficient (Wildman–Crippen LogP) is 3.21. The molecule has 0 unspecified atom stereocenters. The number of carbonyl (C=O) groups excluding carboxylic acids is 1. The lowest BCUT2D eigenvalue weighted by molar-refractivity contribution is 0.0746. The van der Waals surface area contributed by atoms with Crippen molar-refractivity contribution in [3.8, 4) is 0 Å². The average Bonchev–Trinajstić information content (AvgIpc) is 2.67. The number of benzene rings is 2. The number of carbonyl (C=O) groups is 1. The Balaban J connectivity index is 1.77. The van der Waals surface area contributed by atoms with E-state index in [0.717, 1.165) is 9.99 Å². The first-order chi connectivity index (χ1) is 13.2. The summed E-state index contributed by atoms with van der Waals surface area (Å²) in [7, 11) is -0.756. The molecule has 0 saturated carbocycles. The lowest BCUT2D eigenvalue weighted by atomic mass is 10.1. The summed E-state index contributed by atoms with van der Waals surface area (Å²) in [6, 6.07) is 11.8. The van der Waals surface area contributed by atoms with E-state index >= 15 is 0 Å². The van der Waals surface area contributed by atoms with Crippen LogP contribution in [0.25, 0.3) is 0 Å². The van der Waals surface area contributed by atoms with Crippen LogP contribution in [0.3, 0.4) is 0 Å². The van der Waals surface area contributed by atoms with Crippen LogP contribution in [0, 0.1) is 0 Å². The van der Waals surface area contributed by atoms with Gasteiger partial charge >= 0.3 is 0 Å². The van der Waals surface area contributed by atoms with Crippen LogP contribution in [0.1, 0.15) is 10.4 Å². The molecule has 1 saturated heterocycles. The quantitative estimate of drug-likeness (QED) is 0.730. The third-order valence-corrected chi connectivity index (χ3v) is 7.06. The van der Waals surface area contributed by atoms with Crippen LogP contribution in [0.5, 0.6) is 0 Å². The van der Waals surface area contributed by atoms with E-state index in [0.29, 0.717) is 31.2 Å². The topological polar surface area (TPSA) is 60.9 Å². The molecule has 0 N–H and O–H groups in total. The van der Waals surface area contributed by atoms with Crippen molar-refractivity contribution in [2.45, 2.75) is 4.90 Å². The molecule has 0 spiro atoms. The van der Waals surface area contributed by atoms with Gasteiger partial charge in [0.2, 0.25) is 10.0 Å². The van der Waals surface area contributed by atoms with Gasteiger partial charge in [0.15, 0.2) is 0 Å². The van der Waals surface area contributed by atoms with Gasteiger partial charge in [0.1, 0.15) is 0 Å². The van der Waals surface area contributed by atoms with E-state index in [-0.39, 0.29) is 21.4 Å². The summed E-state index contributed by atoms with van der Waals surface area (Å²) in [5.41, 5.74) is 1.21. The maximum absolute atomic E-state index is 13.0. The molecule has 1 aliphatic rings. The highest BCUT2D eigenvalue weighted by Gasteiger charge is 2.26. The van der Waals surface area contributed by atoms with Gasteiger partial charge in [-0.2, -0.15) is 0 Å². The standard InChI is InChI=1S/C19H21Cl2N3O3S/c1-22(2)28(26,27)16-6-7-18(21)17(13-16)19(25)24-10-8-23(9-11-24)15-5-3-4-14(20)12-15/h3-7,12-13H,8-11H2,1-2H3. The summed E-state index contributed by atoms with van der Waals surface area (Å²) in [5.74, 6) is -0.272. The van der Waals surface area contributed by atoms with Crippen LogP contribution in [-0.4, -0.2) is 63.8 Å². The summed E-state index contributed by atoms with van der Waals surface area (Å²) in [6.45, 7) is 2.32. The van der Waals surface area contributed by atoms with Crippen LogP contribution in [0.4, 0.5) is 5.69 Å². The average molecular weight is 442 g/mol. The zero-order chi connectivity index (χ0) is 20.5. The maximum atomic E-state index is 13.0.